The third-order valence-corrected chi connectivity index (χ3v) is 3.69. The number of thioether (sulfide) groups is 1. The number of nitrogens with zero attached hydrogens (tertiary/aromatic N) is 3. The first-order valence-electron chi connectivity index (χ1n) is 5.67. The average molecular weight is 274 g/mol. The highest BCUT2D eigenvalue weighted by Gasteiger charge is 2.21. The molecule has 0 unspecified atom stereocenters. The molecule has 1 atom stereocenters. The van der Waals surface area contributed by atoms with E-state index in [1.807, 2.05) is 6.26 Å². The molecule has 17 heavy (non-hydrogen) atoms. The SMILES string of the molecule is CSc1nc(Cl)cc(N2CCC[C@H](CO)C2)n1. The lowest BCUT2D eigenvalue weighted by Gasteiger charge is -2.32. The lowest BCUT2D eigenvalue weighted by molar-refractivity contribution is 0.208. The summed E-state index contributed by atoms with van der Waals surface area (Å²) in [5.41, 5.74) is 0. The lowest BCUT2D eigenvalue weighted by atomic mass is 9.99. The molecule has 2 rings (SSSR count). The van der Waals surface area contributed by atoms with Gasteiger partial charge < -0.3 is 10.0 Å². The van der Waals surface area contributed by atoms with E-state index in [2.05, 4.69) is 14.9 Å². The van der Waals surface area contributed by atoms with Gasteiger partial charge in [0.2, 0.25) is 0 Å². The summed E-state index contributed by atoms with van der Waals surface area (Å²) in [5.74, 6) is 1.21. The van der Waals surface area contributed by atoms with Crippen LogP contribution in [0.1, 0.15) is 12.8 Å². The molecule has 0 aliphatic carbocycles. The number of rotatable bonds is 3. The van der Waals surface area contributed by atoms with Crippen molar-refractivity contribution in [3.63, 3.8) is 0 Å². The van der Waals surface area contributed by atoms with E-state index < -0.39 is 0 Å². The van der Waals surface area contributed by atoms with Crippen molar-refractivity contribution in [2.75, 3.05) is 30.9 Å². The summed E-state index contributed by atoms with van der Waals surface area (Å²) in [7, 11) is 0. The van der Waals surface area contributed by atoms with Crippen molar-refractivity contribution in [3.8, 4) is 0 Å². The average Bonchev–Trinajstić information content (AvgIpc) is 2.38. The summed E-state index contributed by atoms with van der Waals surface area (Å²) >= 11 is 7.46. The molecule has 0 spiro atoms. The monoisotopic (exact) mass is 273 g/mol. The van der Waals surface area contributed by atoms with Crippen molar-refractivity contribution in [2.45, 2.75) is 18.0 Å². The highest BCUT2D eigenvalue weighted by molar-refractivity contribution is 7.98. The first-order valence-corrected chi connectivity index (χ1v) is 7.27. The zero-order chi connectivity index (χ0) is 12.3. The number of aliphatic hydroxyl groups is 1. The Labute approximate surface area is 110 Å². The molecule has 1 aromatic rings. The minimum Gasteiger partial charge on any atom is -0.396 e. The molecule has 6 heteroatoms. The van der Waals surface area contributed by atoms with Gasteiger partial charge in [-0.25, -0.2) is 9.97 Å². The van der Waals surface area contributed by atoms with Crippen LogP contribution < -0.4 is 4.90 Å². The third-order valence-electron chi connectivity index (χ3n) is 2.94. The van der Waals surface area contributed by atoms with E-state index in [0.717, 1.165) is 31.7 Å². The number of hydrogen-bond acceptors (Lipinski definition) is 5. The van der Waals surface area contributed by atoms with Gasteiger partial charge in [0, 0.05) is 25.8 Å². The smallest absolute Gasteiger partial charge is 0.190 e. The fourth-order valence-electron chi connectivity index (χ4n) is 2.06. The summed E-state index contributed by atoms with van der Waals surface area (Å²) in [6, 6.07) is 1.79. The van der Waals surface area contributed by atoms with E-state index in [4.69, 9.17) is 11.6 Å². The van der Waals surface area contributed by atoms with Crippen LogP contribution in [0.2, 0.25) is 5.15 Å². The molecule has 0 saturated carbocycles. The van der Waals surface area contributed by atoms with Gasteiger partial charge >= 0.3 is 0 Å². The maximum atomic E-state index is 9.22. The van der Waals surface area contributed by atoms with Crippen molar-refractivity contribution in [3.05, 3.63) is 11.2 Å². The van der Waals surface area contributed by atoms with Crippen molar-refractivity contribution in [1.29, 1.82) is 0 Å². The Balaban J connectivity index is 2.18. The number of piperidine rings is 1. The van der Waals surface area contributed by atoms with Crippen LogP contribution in [0.3, 0.4) is 0 Å². The standard InChI is InChI=1S/C11H16ClN3OS/c1-17-11-13-9(12)5-10(14-11)15-4-2-3-8(6-15)7-16/h5,8,16H,2-4,6-7H2,1H3/t8-/m0/s1. The van der Waals surface area contributed by atoms with Crippen LogP contribution in [-0.2, 0) is 0 Å². The number of hydrogen-bond donors (Lipinski definition) is 1. The van der Waals surface area contributed by atoms with E-state index in [0.29, 0.717) is 16.2 Å². The van der Waals surface area contributed by atoms with Gasteiger partial charge in [-0.2, -0.15) is 0 Å². The molecule has 0 amide bonds. The number of halogens is 1. The van der Waals surface area contributed by atoms with Gasteiger partial charge in [-0.05, 0) is 25.0 Å². The van der Waals surface area contributed by atoms with Gasteiger partial charge in [-0.1, -0.05) is 23.4 Å². The van der Waals surface area contributed by atoms with Crippen LogP contribution in [-0.4, -0.2) is 41.0 Å². The fourth-order valence-corrected chi connectivity index (χ4v) is 2.66. The van der Waals surface area contributed by atoms with Crippen LogP contribution in [0.15, 0.2) is 11.2 Å². The molecular weight excluding hydrogens is 258 g/mol. The Hall–Kier alpha value is -0.520. The maximum Gasteiger partial charge on any atom is 0.190 e. The number of aromatic nitrogens is 2. The summed E-state index contributed by atoms with van der Waals surface area (Å²) < 4.78 is 0. The van der Waals surface area contributed by atoms with Gasteiger partial charge in [0.1, 0.15) is 11.0 Å². The zero-order valence-corrected chi connectivity index (χ0v) is 11.3. The molecule has 1 aliphatic heterocycles. The van der Waals surface area contributed by atoms with Crippen LogP contribution in [0.25, 0.3) is 0 Å². The van der Waals surface area contributed by atoms with Crippen molar-refractivity contribution < 1.29 is 5.11 Å². The highest BCUT2D eigenvalue weighted by atomic mass is 35.5. The molecule has 2 heterocycles. The van der Waals surface area contributed by atoms with Crippen LogP contribution in [0.4, 0.5) is 5.82 Å². The number of anilines is 1. The normalized spacial score (nSPS) is 20.6. The molecule has 0 bridgehead atoms. The van der Waals surface area contributed by atoms with E-state index in [-0.39, 0.29) is 6.61 Å². The van der Waals surface area contributed by atoms with Gasteiger partial charge in [0.05, 0.1) is 0 Å². The summed E-state index contributed by atoms with van der Waals surface area (Å²) in [4.78, 5) is 10.8. The van der Waals surface area contributed by atoms with Crippen molar-refractivity contribution in [1.82, 2.24) is 9.97 Å². The molecule has 1 aliphatic rings. The Bertz CT molecular complexity index is 391. The summed E-state index contributed by atoms with van der Waals surface area (Å²) in [5, 5.41) is 10.4. The lowest BCUT2D eigenvalue weighted by Crippen LogP contribution is -2.37. The molecule has 1 N–H and O–H groups in total. The molecule has 94 valence electrons. The third kappa shape index (κ3) is 3.24. The fraction of sp³-hybridized carbons (Fsp3) is 0.636. The minimum atomic E-state index is 0.241. The molecule has 0 aromatic carbocycles. The largest absolute Gasteiger partial charge is 0.396 e. The second-order valence-corrected chi connectivity index (χ2v) is 5.33. The topological polar surface area (TPSA) is 49.2 Å². The second-order valence-electron chi connectivity index (χ2n) is 4.17. The first-order chi connectivity index (χ1) is 8.22. The molecule has 4 nitrogen and oxygen atoms in total. The van der Waals surface area contributed by atoms with Gasteiger partial charge in [-0.15, -0.1) is 0 Å². The Morgan fingerprint density at radius 1 is 1.59 bits per heavy atom. The van der Waals surface area contributed by atoms with Gasteiger partial charge in [0.25, 0.3) is 0 Å². The summed E-state index contributed by atoms with van der Waals surface area (Å²) in [6.45, 7) is 2.06. The zero-order valence-electron chi connectivity index (χ0n) is 9.77. The molecule has 0 radical (unpaired) electrons. The highest BCUT2D eigenvalue weighted by Crippen LogP contribution is 2.25. The minimum absolute atomic E-state index is 0.241. The van der Waals surface area contributed by atoms with Crippen LogP contribution in [0, 0.1) is 5.92 Å². The van der Waals surface area contributed by atoms with Crippen molar-refractivity contribution in [2.24, 2.45) is 5.92 Å². The second kappa shape index (κ2) is 5.89. The Morgan fingerprint density at radius 3 is 3.12 bits per heavy atom. The van der Waals surface area contributed by atoms with Crippen LogP contribution in [0.5, 0.6) is 0 Å². The maximum absolute atomic E-state index is 9.22. The van der Waals surface area contributed by atoms with Gasteiger partial charge in [-0.3, -0.25) is 0 Å². The molecule has 1 aromatic heterocycles. The summed E-state index contributed by atoms with van der Waals surface area (Å²) in [6.07, 6.45) is 4.10. The molecular formula is C11H16ClN3OS. The van der Waals surface area contributed by atoms with Crippen LogP contribution >= 0.6 is 23.4 Å². The van der Waals surface area contributed by atoms with E-state index >= 15 is 0 Å². The predicted molar refractivity (Wildman–Crippen MR) is 70.8 cm³/mol. The number of aliphatic hydroxyl groups excluding tert-OH is 1. The molecule has 1 saturated heterocycles. The van der Waals surface area contributed by atoms with E-state index in [9.17, 15) is 5.11 Å². The van der Waals surface area contributed by atoms with Gasteiger partial charge in [0.15, 0.2) is 5.16 Å². The predicted octanol–water partition coefficient (Wildman–Crippen LogP) is 2.06. The van der Waals surface area contributed by atoms with E-state index in [1.165, 1.54) is 11.8 Å². The Morgan fingerprint density at radius 2 is 2.41 bits per heavy atom. The Kier molecular flexibility index (Phi) is 4.48. The first kappa shape index (κ1) is 12.9. The van der Waals surface area contributed by atoms with Crippen molar-refractivity contribution >= 4 is 29.2 Å². The van der Waals surface area contributed by atoms with E-state index in [1.54, 1.807) is 6.07 Å². The molecule has 1 fully saturated rings. The quantitative estimate of drug-likeness (QED) is 0.519.